The first kappa shape index (κ1) is 15.0. The quantitative estimate of drug-likeness (QED) is 0.587. The normalized spacial score (nSPS) is 18.0. The average molecular weight is 212 g/mol. The van der Waals surface area contributed by atoms with E-state index >= 15 is 0 Å². The van der Waals surface area contributed by atoms with Crippen molar-refractivity contribution in [2.24, 2.45) is 28.6 Å². The van der Waals surface area contributed by atoms with Crippen molar-refractivity contribution >= 4 is 0 Å². The van der Waals surface area contributed by atoms with Gasteiger partial charge in [-0.15, -0.1) is 0 Å². The molecule has 0 heteroatoms. The summed E-state index contributed by atoms with van der Waals surface area (Å²) in [5.41, 5.74) is 0.908. The third-order valence-corrected chi connectivity index (χ3v) is 4.63. The predicted octanol–water partition coefficient (Wildman–Crippen LogP) is 5.38. The molecule has 0 rings (SSSR count). The van der Waals surface area contributed by atoms with Crippen LogP contribution < -0.4 is 0 Å². The Morgan fingerprint density at radius 3 is 1.47 bits per heavy atom. The largest absolute Gasteiger partial charge is 0.0623 e. The van der Waals surface area contributed by atoms with E-state index in [1.807, 2.05) is 0 Å². The van der Waals surface area contributed by atoms with E-state index in [1.165, 1.54) is 6.42 Å². The minimum Gasteiger partial charge on any atom is -0.0623 e. The maximum Gasteiger partial charge on any atom is -0.0329 e. The van der Waals surface area contributed by atoms with Crippen LogP contribution >= 0.6 is 0 Å². The number of rotatable bonds is 4. The van der Waals surface area contributed by atoms with Crippen molar-refractivity contribution in [2.45, 2.75) is 68.7 Å². The highest BCUT2D eigenvalue weighted by Crippen LogP contribution is 2.40. The average Bonchev–Trinajstić information content (AvgIpc) is 2.00. The zero-order valence-corrected chi connectivity index (χ0v) is 12.4. The van der Waals surface area contributed by atoms with Gasteiger partial charge >= 0.3 is 0 Å². The Labute approximate surface area is 97.8 Å². The Kier molecular flexibility index (Phi) is 4.89. The van der Waals surface area contributed by atoms with E-state index in [4.69, 9.17) is 0 Å². The monoisotopic (exact) mass is 212 g/mol. The van der Waals surface area contributed by atoms with Gasteiger partial charge in [0.2, 0.25) is 0 Å². The van der Waals surface area contributed by atoms with Gasteiger partial charge in [-0.05, 0) is 35.0 Å². The Bertz CT molecular complexity index is 181. The molecule has 15 heavy (non-hydrogen) atoms. The maximum atomic E-state index is 2.42. The molecule has 0 spiro atoms. The molecule has 0 aromatic carbocycles. The molecule has 0 N–H and O–H groups in total. The molecular weight excluding hydrogens is 180 g/mol. The summed E-state index contributed by atoms with van der Waals surface area (Å²) in [4.78, 5) is 0. The predicted molar refractivity (Wildman–Crippen MR) is 71.0 cm³/mol. The van der Waals surface area contributed by atoms with Crippen molar-refractivity contribution in [2.75, 3.05) is 0 Å². The highest BCUT2D eigenvalue weighted by Gasteiger charge is 2.31. The van der Waals surface area contributed by atoms with Gasteiger partial charge in [0.15, 0.2) is 0 Å². The van der Waals surface area contributed by atoms with Crippen molar-refractivity contribution in [3.8, 4) is 0 Å². The highest BCUT2D eigenvalue weighted by atomic mass is 14.4. The minimum absolute atomic E-state index is 0.437. The first-order chi connectivity index (χ1) is 6.48. The molecule has 0 aromatic heterocycles. The molecule has 2 unspecified atom stereocenters. The van der Waals surface area contributed by atoms with Crippen LogP contribution in [0.1, 0.15) is 68.7 Å². The second-order valence-corrected chi connectivity index (χ2v) is 7.48. The van der Waals surface area contributed by atoms with E-state index in [1.54, 1.807) is 0 Å². The van der Waals surface area contributed by atoms with Crippen LogP contribution in [-0.2, 0) is 0 Å². The van der Waals surface area contributed by atoms with E-state index in [-0.39, 0.29) is 0 Å². The SMILES string of the molecule is CC(CC(C)(C)C(C)C)C(C)C(C)(C)C. The molecule has 0 fully saturated rings. The standard InChI is InChI=1S/C15H32/c1-11(2)15(8,9)10-12(3)13(4)14(5,6)7/h11-13H,10H2,1-9H3. The van der Waals surface area contributed by atoms with Crippen molar-refractivity contribution < 1.29 is 0 Å². The van der Waals surface area contributed by atoms with E-state index < -0.39 is 0 Å². The van der Waals surface area contributed by atoms with Crippen molar-refractivity contribution in [1.29, 1.82) is 0 Å². The summed E-state index contributed by atoms with van der Waals surface area (Å²) in [5, 5.41) is 0. The number of hydrogen-bond donors (Lipinski definition) is 0. The van der Waals surface area contributed by atoms with Gasteiger partial charge in [-0.1, -0.05) is 62.3 Å². The van der Waals surface area contributed by atoms with Crippen LogP contribution in [-0.4, -0.2) is 0 Å². The maximum absolute atomic E-state index is 2.42. The Morgan fingerprint density at radius 1 is 0.800 bits per heavy atom. The van der Waals surface area contributed by atoms with Gasteiger partial charge in [-0.3, -0.25) is 0 Å². The second-order valence-electron chi connectivity index (χ2n) is 7.48. The zero-order chi connectivity index (χ0) is 12.4. The molecule has 0 saturated carbocycles. The second kappa shape index (κ2) is 4.89. The van der Waals surface area contributed by atoms with Gasteiger partial charge < -0.3 is 0 Å². The van der Waals surface area contributed by atoms with Crippen molar-refractivity contribution in [1.82, 2.24) is 0 Å². The molecule has 0 aliphatic carbocycles. The van der Waals surface area contributed by atoms with Gasteiger partial charge in [0.25, 0.3) is 0 Å². The Balaban J connectivity index is 4.43. The lowest BCUT2D eigenvalue weighted by atomic mass is 9.67. The summed E-state index contributed by atoms with van der Waals surface area (Å²) in [5.74, 6) is 2.37. The fraction of sp³-hybridized carbons (Fsp3) is 1.00. The molecule has 0 amide bonds. The summed E-state index contributed by atoms with van der Waals surface area (Å²) >= 11 is 0. The zero-order valence-electron chi connectivity index (χ0n) is 12.4. The fourth-order valence-electron chi connectivity index (χ4n) is 2.10. The summed E-state index contributed by atoms with van der Waals surface area (Å²) in [6.45, 7) is 21.4. The van der Waals surface area contributed by atoms with E-state index in [0.29, 0.717) is 10.8 Å². The third kappa shape index (κ3) is 4.57. The van der Waals surface area contributed by atoms with Crippen molar-refractivity contribution in [3.63, 3.8) is 0 Å². The first-order valence-corrected chi connectivity index (χ1v) is 6.48. The molecule has 92 valence electrons. The smallest absolute Gasteiger partial charge is 0.0329 e. The molecule has 0 aliphatic heterocycles. The van der Waals surface area contributed by atoms with E-state index in [9.17, 15) is 0 Å². The highest BCUT2D eigenvalue weighted by molar-refractivity contribution is 4.81. The topological polar surface area (TPSA) is 0 Å². The van der Waals surface area contributed by atoms with Gasteiger partial charge in [-0.2, -0.15) is 0 Å². The molecule has 2 atom stereocenters. The van der Waals surface area contributed by atoms with Crippen LogP contribution in [0.4, 0.5) is 0 Å². The Morgan fingerprint density at radius 2 is 1.20 bits per heavy atom. The summed E-state index contributed by atoms with van der Waals surface area (Å²) in [6, 6.07) is 0. The van der Waals surface area contributed by atoms with Crippen LogP contribution in [0, 0.1) is 28.6 Å². The Hall–Kier alpha value is 0. The molecule has 0 aliphatic rings. The van der Waals surface area contributed by atoms with Crippen LogP contribution in [0.5, 0.6) is 0 Å². The summed E-state index contributed by atoms with van der Waals surface area (Å²) in [6.07, 6.45) is 1.34. The summed E-state index contributed by atoms with van der Waals surface area (Å²) < 4.78 is 0. The van der Waals surface area contributed by atoms with Crippen LogP contribution in [0.2, 0.25) is 0 Å². The van der Waals surface area contributed by atoms with Gasteiger partial charge in [0.05, 0.1) is 0 Å². The lowest BCUT2D eigenvalue weighted by Gasteiger charge is -2.38. The molecule has 0 saturated heterocycles. The van der Waals surface area contributed by atoms with Crippen LogP contribution in [0.15, 0.2) is 0 Å². The molecule has 0 bridgehead atoms. The summed E-state index contributed by atoms with van der Waals surface area (Å²) in [7, 11) is 0. The minimum atomic E-state index is 0.437. The lowest BCUT2D eigenvalue weighted by molar-refractivity contribution is 0.114. The van der Waals surface area contributed by atoms with Crippen LogP contribution in [0.3, 0.4) is 0 Å². The van der Waals surface area contributed by atoms with E-state index in [0.717, 1.165) is 17.8 Å². The molecule has 0 radical (unpaired) electrons. The van der Waals surface area contributed by atoms with Crippen LogP contribution in [0.25, 0.3) is 0 Å². The van der Waals surface area contributed by atoms with Gasteiger partial charge in [0, 0.05) is 0 Å². The molecule has 0 aromatic rings. The first-order valence-electron chi connectivity index (χ1n) is 6.48. The lowest BCUT2D eigenvalue weighted by Crippen LogP contribution is -2.30. The van der Waals surface area contributed by atoms with Gasteiger partial charge in [-0.25, -0.2) is 0 Å². The fourth-order valence-corrected chi connectivity index (χ4v) is 2.10. The molecular formula is C15H32. The number of hydrogen-bond acceptors (Lipinski definition) is 0. The van der Waals surface area contributed by atoms with Gasteiger partial charge in [0.1, 0.15) is 0 Å². The van der Waals surface area contributed by atoms with Crippen molar-refractivity contribution in [3.05, 3.63) is 0 Å². The third-order valence-electron chi connectivity index (χ3n) is 4.63. The molecule has 0 nitrogen and oxygen atoms in total. The molecule has 0 heterocycles. The van der Waals surface area contributed by atoms with E-state index in [2.05, 4.69) is 62.3 Å².